The molecule has 1 aromatic heterocycles. The molecular formula is C13H21N3O4. The van der Waals surface area contributed by atoms with Gasteiger partial charge in [0.25, 0.3) is 0 Å². The maximum atomic E-state index is 11.6. The van der Waals surface area contributed by atoms with Gasteiger partial charge in [0, 0.05) is 5.69 Å². The van der Waals surface area contributed by atoms with E-state index in [9.17, 15) is 14.7 Å². The molecule has 0 bridgehead atoms. The maximum Gasteiger partial charge on any atom is 0.408 e. The number of carboxylic acids is 1. The number of nitrogens with one attached hydrogen (secondary N) is 1. The number of amides is 1. The number of hydrogen-bond acceptors (Lipinski definition) is 4. The van der Waals surface area contributed by atoms with Crippen molar-refractivity contribution in [3.8, 4) is 0 Å². The van der Waals surface area contributed by atoms with E-state index in [0.717, 1.165) is 11.4 Å². The van der Waals surface area contributed by atoms with E-state index >= 15 is 0 Å². The second-order valence-electron chi connectivity index (χ2n) is 5.60. The Labute approximate surface area is 118 Å². The van der Waals surface area contributed by atoms with Gasteiger partial charge in [0.15, 0.2) is 0 Å². The fourth-order valence-electron chi connectivity index (χ4n) is 1.56. The minimum Gasteiger partial charge on any atom is -0.480 e. The fraction of sp³-hybridized carbons (Fsp3) is 0.615. The molecule has 1 atom stereocenters. The zero-order valence-corrected chi connectivity index (χ0v) is 12.4. The number of ether oxygens (including phenoxy) is 1. The SMILES string of the molecule is Cc1ncn(CC(NC(=O)OC(C)(C)C)C(=O)O)c1C. The van der Waals surface area contributed by atoms with Crippen LogP contribution in [0.5, 0.6) is 0 Å². The van der Waals surface area contributed by atoms with Gasteiger partial charge in [0.2, 0.25) is 0 Å². The highest BCUT2D eigenvalue weighted by molar-refractivity contribution is 5.79. The lowest BCUT2D eigenvalue weighted by Crippen LogP contribution is -2.45. The van der Waals surface area contributed by atoms with Gasteiger partial charge in [-0.1, -0.05) is 0 Å². The maximum absolute atomic E-state index is 11.6. The predicted octanol–water partition coefficient (Wildman–Crippen LogP) is 1.48. The Kier molecular flexibility index (Phi) is 4.75. The summed E-state index contributed by atoms with van der Waals surface area (Å²) < 4.78 is 6.74. The zero-order valence-electron chi connectivity index (χ0n) is 12.4. The molecule has 7 nitrogen and oxygen atoms in total. The molecule has 2 N–H and O–H groups in total. The van der Waals surface area contributed by atoms with Crippen LogP contribution in [-0.2, 0) is 16.1 Å². The van der Waals surface area contributed by atoms with Gasteiger partial charge in [0.1, 0.15) is 11.6 Å². The van der Waals surface area contributed by atoms with E-state index in [1.54, 1.807) is 31.7 Å². The second kappa shape index (κ2) is 5.94. The molecule has 0 saturated carbocycles. The van der Waals surface area contributed by atoms with Crippen molar-refractivity contribution in [2.45, 2.75) is 52.8 Å². The molecule has 0 saturated heterocycles. The summed E-state index contributed by atoms with van der Waals surface area (Å²) in [5.74, 6) is -1.12. The number of aliphatic carboxylic acids is 1. The number of carbonyl (C=O) groups is 2. The van der Waals surface area contributed by atoms with E-state index in [4.69, 9.17) is 4.74 Å². The van der Waals surface area contributed by atoms with E-state index in [1.807, 2.05) is 13.8 Å². The molecule has 112 valence electrons. The van der Waals surface area contributed by atoms with E-state index in [1.165, 1.54) is 0 Å². The molecule has 1 aromatic rings. The molecule has 0 aliphatic carbocycles. The number of carbonyl (C=O) groups excluding carboxylic acids is 1. The molecule has 0 aliphatic heterocycles. The summed E-state index contributed by atoms with van der Waals surface area (Å²) in [7, 11) is 0. The number of rotatable bonds is 4. The largest absolute Gasteiger partial charge is 0.480 e. The number of alkyl carbamates (subject to hydrolysis) is 1. The number of imidazole rings is 1. The van der Waals surface area contributed by atoms with Crippen LogP contribution < -0.4 is 5.32 Å². The predicted molar refractivity (Wildman–Crippen MR) is 72.5 cm³/mol. The number of aromatic nitrogens is 2. The van der Waals surface area contributed by atoms with Crippen LogP contribution in [0.3, 0.4) is 0 Å². The van der Waals surface area contributed by atoms with E-state index < -0.39 is 23.7 Å². The van der Waals surface area contributed by atoms with Crippen LogP contribution in [0.25, 0.3) is 0 Å². The molecule has 1 amide bonds. The van der Waals surface area contributed by atoms with Gasteiger partial charge < -0.3 is 19.7 Å². The van der Waals surface area contributed by atoms with E-state index in [2.05, 4.69) is 10.3 Å². The monoisotopic (exact) mass is 283 g/mol. The molecule has 1 rings (SSSR count). The summed E-state index contributed by atoms with van der Waals surface area (Å²) in [6, 6.07) is -1.07. The Morgan fingerprint density at radius 1 is 1.45 bits per heavy atom. The van der Waals surface area contributed by atoms with Crippen LogP contribution >= 0.6 is 0 Å². The number of carboxylic acid groups (broad SMARTS) is 1. The van der Waals surface area contributed by atoms with E-state index in [0.29, 0.717) is 0 Å². The van der Waals surface area contributed by atoms with Gasteiger partial charge in [-0.05, 0) is 34.6 Å². The average Bonchev–Trinajstić information content (AvgIpc) is 2.57. The van der Waals surface area contributed by atoms with Crippen molar-refractivity contribution in [1.29, 1.82) is 0 Å². The molecule has 1 heterocycles. The van der Waals surface area contributed by atoms with Crippen molar-refractivity contribution in [3.05, 3.63) is 17.7 Å². The lowest BCUT2D eigenvalue weighted by Gasteiger charge is -2.22. The van der Waals surface area contributed by atoms with Crippen LogP contribution in [0.4, 0.5) is 4.79 Å². The van der Waals surface area contributed by atoms with Gasteiger partial charge in [0.05, 0.1) is 18.6 Å². The molecule has 0 aromatic carbocycles. The van der Waals surface area contributed by atoms with Crippen LogP contribution in [0.1, 0.15) is 32.2 Å². The third-order valence-electron chi connectivity index (χ3n) is 2.71. The molecular weight excluding hydrogens is 262 g/mol. The molecule has 0 radical (unpaired) electrons. The third kappa shape index (κ3) is 4.56. The van der Waals surface area contributed by atoms with Crippen LogP contribution in [0, 0.1) is 13.8 Å². The zero-order chi connectivity index (χ0) is 15.5. The van der Waals surface area contributed by atoms with Crippen molar-refractivity contribution in [3.63, 3.8) is 0 Å². The van der Waals surface area contributed by atoms with Crippen LogP contribution in [0.15, 0.2) is 6.33 Å². The Morgan fingerprint density at radius 3 is 2.45 bits per heavy atom. The quantitative estimate of drug-likeness (QED) is 0.873. The van der Waals surface area contributed by atoms with Crippen LogP contribution in [0.2, 0.25) is 0 Å². The molecule has 1 unspecified atom stereocenters. The lowest BCUT2D eigenvalue weighted by molar-refractivity contribution is -0.139. The summed E-state index contributed by atoms with van der Waals surface area (Å²) in [4.78, 5) is 26.9. The standard InChI is InChI=1S/C13H21N3O4/c1-8-9(2)16(7-14-8)6-10(11(17)18)15-12(19)20-13(3,4)5/h7,10H,6H2,1-5H3,(H,15,19)(H,17,18). The minimum atomic E-state index is -1.12. The third-order valence-corrected chi connectivity index (χ3v) is 2.71. The molecule has 0 aliphatic rings. The Balaban J connectivity index is 2.73. The molecule has 0 fully saturated rings. The van der Waals surface area contributed by atoms with Crippen molar-refractivity contribution in [2.75, 3.05) is 0 Å². The average molecular weight is 283 g/mol. The summed E-state index contributed by atoms with van der Waals surface area (Å²) in [6.07, 6.45) is 0.802. The summed E-state index contributed by atoms with van der Waals surface area (Å²) in [6.45, 7) is 8.92. The van der Waals surface area contributed by atoms with Gasteiger partial charge in [-0.3, -0.25) is 0 Å². The molecule has 0 spiro atoms. The van der Waals surface area contributed by atoms with Crippen molar-refractivity contribution in [1.82, 2.24) is 14.9 Å². The smallest absolute Gasteiger partial charge is 0.408 e. The second-order valence-corrected chi connectivity index (χ2v) is 5.60. The van der Waals surface area contributed by atoms with Gasteiger partial charge in [-0.15, -0.1) is 0 Å². The number of nitrogens with zero attached hydrogens (tertiary/aromatic N) is 2. The Morgan fingerprint density at radius 2 is 2.05 bits per heavy atom. The summed E-state index contributed by atoms with van der Waals surface area (Å²) >= 11 is 0. The highest BCUT2D eigenvalue weighted by atomic mass is 16.6. The van der Waals surface area contributed by atoms with Gasteiger partial charge in [-0.2, -0.15) is 0 Å². The fourth-order valence-corrected chi connectivity index (χ4v) is 1.56. The first kappa shape index (κ1) is 16.0. The van der Waals surface area contributed by atoms with Gasteiger partial charge >= 0.3 is 12.1 Å². The first-order valence-corrected chi connectivity index (χ1v) is 6.31. The van der Waals surface area contributed by atoms with Crippen molar-refractivity contribution in [2.24, 2.45) is 0 Å². The topological polar surface area (TPSA) is 93.5 Å². The van der Waals surface area contributed by atoms with Crippen molar-refractivity contribution >= 4 is 12.1 Å². The Hall–Kier alpha value is -2.05. The highest BCUT2D eigenvalue weighted by Crippen LogP contribution is 2.08. The molecule has 20 heavy (non-hydrogen) atoms. The van der Waals surface area contributed by atoms with E-state index in [-0.39, 0.29) is 6.54 Å². The van der Waals surface area contributed by atoms with Crippen LogP contribution in [-0.4, -0.2) is 38.4 Å². The highest BCUT2D eigenvalue weighted by Gasteiger charge is 2.24. The first-order valence-electron chi connectivity index (χ1n) is 6.31. The Bertz CT molecular complexity index is 502. The first-order chi connectivity index (χ1) is 9.10. The molecule has 7 heteroatoms. The number of hydrogen-bond donors (Lipinski definition) is 2. The normalized spacial score (nSPS) is 12.8. The van der Waals surface area contributed by atoms with Crippen molar-refractivity contribution < 1.29 is 19.4 Å². The summed E-state index contributed by atoms with van der Waals surface area (Å²) in [5.41, 5.74) is 1.02. The van der Waals surface area contributed by atoms with Gasteiger partial charge in [-0.25, -0.2) is 14.6 Å². The summed E-state index contributed by atoms with van der Waals surface area (Å²) in [5, 5.41) is 11.5. The minimum absolute atomic E-state index is 0.0985. The number of aryl methyl sites for hydroxylation is 1. The lowest BCUT2D eigenvalue weighted by atomic mass is 10.2.